The summed E-state index contributed by atoms with van der Waals surface area (Å²) in [5.41, 5.74) is -1.59. The number of benzene rings is 1. The van der Waals surface area contributed by atoms with Gasteiger partial charge in [0.25, 0.3) is 11.8 Å². The lowest BCUT2D eigenvalue weighted by atomic mass is 9.96. The lowest BCUT2D eigenvalue weighted by molar-refractivity contribution is -0.0115. The molecule has 2 amide bonds. The molecule has 0 spiro atoms. The van der Waals surface area contributed by atoms with E-state index < -0.39 is 46.7 Å². The van der Waals surface area contributed by atoms with E-state index in [9.17, 15) is 28.3 Å². The van der Waals surface area contributed by atoms with Crippen LogP contribution in [0, 0.1) is 18.6 Å². The Hall–Kier alpha value is -3.27. The number of carbonyl (C=O) groups excluding carboxylic acids is 2. The van der Waals surface area contributed by atoms with E-state index in [1.165, 1.54) is 22.6 Å². The topological polar surface area (TPSA) is 101 Å². The molecule has 0 aliphatic carbocycles. The Kier molecular flexibility index (Phi) is 5.26. The molecule has 0 unspecified atom stereocenters. The summed E-state index contributed by atoms with van der Waals surface area (Å²) in [5, 5.41) is 12.8. The number of aromatic hydroxyl groups is 1. The van der Waals surface area contributed by atoms with Crippen LogP contribution in [0.3, 0.4) is 0 Å². The van der Waals surface area contributed by atoms with Gasteiger partial charge < -0.3 is 24.6 Å². The van der Waals surface area contributed by atoms with Crippen molar-refractivity contribution in [1.82, 2.24) is 14.8 Å². The quantitative estimate of drug-likeness (QED) is 0.764. The maximum absolute atomic E-state index is 14.0. The Morgan fingerprint density at radius 2 is 1.94 bits per heavy atom. The molecule has 4 rings (SSSR count). The van der Waals surface area contributed by atoms with Crippen LogP contribution < -0.4 is 10.7 Å². The first-order valence-corrected chi connectivity index (χ1v) is 9.76. The number of fused-ring (bicyclic) bond motifs is 3. The van der Waals surface area contributed by atoms with Crippen molar-refractivity contribution in [3.8, 4) is 5.75 Å². The molecule has 1 fully saturated rings. The molecule has 0 saturated carbocycles. The lowest BCUT2D eigenvalue weighted by Crippen LogP contribution is -2.54. The van der Waals surface area contributed by atoms with Gasteiger partial charge in [0.15, 0.2) is 11.4 Å². The minimum Gasteiger partial charge on any atom is -0.503 e. The summed E-state index contributed by atoms with van der Waals surface area (Å²) < 4.78 is 35.0. The van der Waals surface area contributed by atoms with Crippen LogP contribution in [0.4, 0.5) is 8.78 Å². The average Bonchev–Trinajstić information content (AvgIpc) is 2.73. The Labute approximate surface area is 176 Å². The average molecular weight is 433 g/mol. The molecule has 3 heterocycles. The fourth-order valence-corrected chi connectivity index (χ4v) is 4.14. The van der Waals surface area contributed by atoms with E-state index in [4.69, 9.17) is 4.74 Å². The van der Waals surface area contributed by atoms with Crippen LogP contribution in [0.1, 0.15) is 44.4 Å². The highest BCUT2D eigenvalue weighted by molar-refractivity contribution is 5.99. The summed E-state index contributed by atoms with van der Waals surface area (Å²) in [7, 11) is 1.56. The molecule has 2 N–H and O–H groups in total. The summed E-state index contributed by atoms with van der Waals surface area (Å²) >= 11 is 0. The van der Waals surface area contributed by atoms with Gasteiger partial charge in [-0.3, -0.25) is 14.4 Å². The largest absolute Gasteiger partial charge is 0.503 e. The van der Waals surface area contributed by atoms with Crippen LogP contribution in [0.2, 0.25) is 0 Å². The van der Waals surface area contributed by atoms with Gasteiger partial charge in [0, 0.05) is 32.0 Å². The van der Waals surface area contributed by atoms with Crippen molar-refractivity contribution >= 4 is 11.8 Å². The van der Waals surface area contributed by atoms with Gasteiger partial charge in [-0.15, -0.1) is 0 Å². The maximum Gasteiger partial charge on any atom is 0.274 e. The third-order valence-electron chi connectivity index (χ3n) is 5.83. The fourth-order valence-electron chi connectivity index (χ4n) is 4.14. The smallest absolute Gasteiger partial charge is 0.274 e. The molecular weight excluding hydrogens is 412 g/mol. The van der Waals surface area contributed by atoms with Gasteiger partial charge >= 0.3 is 0 Å². The van der Waals surface area contributed by atoms with E-state index in [0.29, 0.717) is 18.6 Å². The van der Waals surface area contributed by atoms with E-state index in [1.54, 1.807) is 7.05 Å². The molecule has 2 aromatic rings. The van der Waals surface area contributed by atoms with Crippen molar-refractivity contribution < 1.29 is 28.2 Å². The van der Waals surface area contributed by atoms with Crippen LogP contribution in [-0.2, 0) is 11.3 Å². The Morgan fingerprint density at radius 3 is 2.61 bits per heavy atom. The number of rotatable bonds is 3. The van der Waals surface area contributed by atoms with E-state index in [-0.39, 0.29) is 29.9 Å². The molecule has 2 atom stereocenters. The molecule has 1 aromatic carbocycles. The van der Waals surface area contributed by atoms with Gasteiger partial charge in [-0.1, -0.05) is 0 Å². The predicted octanol–water partition coefficient (Wildman–Crippen LogP) is 1.49. The zero-order valence-electron chi connectivity index (χ0n) is 16.9. The molecule has 0 bridgehead atoms. The molecule has 31 heavy (non-hydrogen) atoms. The van der Waals surface area contributed by atoms with Crippen LogP contribution >= 0.6 is 0 Å². The highest BCUT2D eigenvalue weighted by Gasteiger charge is 2.42. The molecule has 1 aromatic heterocycles. The monoisotopic (exact) mass is 433 g/mol. The number of ether oxygens (including phenoxy) is 1. The number of hydrogen-bond donors (Lipinski definition) is 2. The van der Waals surface area contributed by atoms with Gasteiger partial charge in [-0.25, -0.2) is 8.78 Å². The number of carbonyl (C=O) groups is 2. The third-order valence-corrected chi connectivity index (χ3v) is 5.83. The van der Waals surface area contributed by atoms with Crippen molar-refractivity contribution in [1.29, 1.82) is 0 Å². The second kappa shape index (κ2) is 7.77. The molecular formula is C21H21F2N3O5. The van der Waals surface area contributed by atoms with Crippen molar-refractivity contribution in [3.63, 3.8) is 0 Å². The molecule has 0 radical (unpaired) electrons. The predicted molar refractivity (Wildman–Crippen MR) is 105 cm³/mol. The molecule has 8 nitrogen and oxygen atoms in total. The summed E-state index contributed by atoms with van der Waals surface area (Å²) in [4.78, 5) is 39.4. The number of hydrogen-bond acceptors (Lipinski definition) is 5. The van der Waals surface area contributed by atoms with Crippen molar-refractivity contribution in [2.45, 2.75) is 32.0 Å². The van der Waals surface area contributed by atoms with Crippen LogP contribution in [-0.4, -0.2) is 52.7 Å². The minimum atomic E-state index is -1.03. The standard InChI is InChI=1S/C21H21F2N3O5/c1-10-5-13(22)11(14(23)6-10)7-24-20(29)12-8-26-15-3-4-31-9-16(15)25(2)21(30)17(26)19(28)18(12)27/h5-6,8,15-16,28H,3-4,7,9H2,1-2H3,(H,24,29)/t15-,16-/m1/s1. The molecule has 164 valence electrons. The van der Waals surface area contributed by atoms with Crippen LogP contribution in [0.15, 0.2) is 23.1 Å². The first-order valence-electron chi connectivity index (χ1n) is 9.76. The van der Waals surface area contributed by atoms with Crippen molar-refractivity contribution in [2.24, 2.45) is 0 Å². The maximum atomic E-state index is 14.0. The fraction of sp³-hybridized carbons (Fsp3) is 0.381. The number of aryl methyl sites for hydroxylation is 1. The number of nitrogens with zero attached hydrogens (tertiary/aromatic N) is 2. The van der Waals surface area contributed by atoms with Gasteiger partial charge in [0.2, 0.25) is 5.43 Å². The number of pyridine rings is 1. The zero-order chi connectivity index (χ0) is 22.4. The highest BCUT2D eigenvalue weighted by Crippen LogP contribution is 2.34. The number of likely N-dealkylation sites (N-methyl/N-ethyl adjacent to an activating group) is 1. The first-order chi connectivity index (χ1) is 14.7. The summed E-state index contributed by atoms with van der Waals surface area (Å²) in [6.45, 7) is 1.75. The lowest BCUT2D eigenvalue weighted by Gasteiger charge is -2.44. The second-order valence-electron chi connectivity index (χ2n) is 7.78. The normalized spacial score (nSPS) is 20.3. The molecule has 2 aliphatic rings. The van der Waals surface area contributed by atoms with Gasteiger partial charge in [-0.2, -0.15) is 0 Å². The van der Waals surface area contributed by atoms with Crippen molar-refractivity contribution in [3.05, 3.63) is 62.6 Å². The number of nitrogens with one attached hydrogen (secondary N) is 1. The van der Waals surface area contributed by atoms with Gasteiger partial charge in [0.1, 0.15) is 17.2 Å². The Bertz CT molecular complexity index is 1120. The molecule has 1 saturated heterocycles. The van der Waals surface area contributed by atoms with Gasteiger partial charge in [-0.05, 0) is 31.0 Å². The summed E-state index contributed by atoms with van der Waals surface area (Å²) in [5.74, 6) is -3.94. The van der Waals surface area contributed by atoms with E-state index in [0.717, 1.165) is 12.1 Å². The number of halogens is 2. The molecule has 10 heteroatoms. The van der Waals surface area contributed by atoms with E-state index in [1.807, 2.05) is 0 Å². The summed E-state index contributed by atoms with van der Waals surface area (Å²) in [6.07, 6.45) is 1.74. The zero-order valence-corrected chi connectivity index (χ0v) is 16.9. The number of amides is 2. The minimum absolute atomic E-state index is 0.192. The third kappa shape index (κ3) is 3.46. The first kappa shape index (κ1) is 21.0. The Morgan fingerprint density at radius 1 is 1.26 bits per heavy atom. The molecule has 2 aliphatic heterocycles. The van der Waals surface area contributed by atoms with Crippen molar-refractivity contribution in [2.75, 3.05) is 20.3 Å². The Balaban J connectivity index is 1.69. The summed E-state index contributed by atoms with van der Waals surface area (Å²) in [6, 6.07) is 1.66. The second-order valence-corrected chi connectivity index (χ2v) is 7.78. The highest BCUT2D eigenvalue weighted by atomic mass is 19.1. The van der Waals surface area contributed by atoms with Crippen LogP contribution in [0.25, 0.3) is 0 Å². The van der Waals surface area contributed by atoms with Crippen LogP contribution in [0.5, 0.6) is 5.75 Å². The SMILES string of the molecule is Cc1cc(F)c(CNC(=O)c2cn3c(c(O)c2=O)C(=O)N(C)[C@@H]2COCC[C@H]23)c(F)c1. The van der Waals surface area contributed by atoms with E-state index in [2.05, 4.69) is 5.32 Å². The van der Waals surface area contributed by atoms with Gasteiger partial charge in [0.05, 0.1) is 18.7 Å². The number of aromatic nitrogens is 1. The van der Waals surface area contributed by atoms with E-state index >= 15 is 0 Å².